The topological polar surface area (TPSA) is 125 Å². The Kier molecular flexibility index (Phi) is 4.80. The second kappa shape index (κ2) is 7.67. The first-order chi connectivity index (χ1) is 15.4. The van der Waals surface area contributed by atoms with Crippen LogP contribution in [0.4, 0.5) is 0 Å². The summed E-state index contributed by atoms with van der Waals surface area (Å²) < 4.78 is 5.29. The van der Waals surface area contributed by atoms with Crippen molar-refractivity contribution in [3.63, 3.8) is 0 Å². The SMILES string of the molecule is Cc1noc(-c2cc3c([nH]2)=CCC(C)(c2nc(C(=O)NCC4=CC=CNC4)[nH]c2C)C=3)n1. The van der Waals surface area contributed by atoms with Crippen LogP contribution < -0.4 is 21.2 Å². The Labute approximate surface area is 184 Å². The van der Waals surface area contributed by atoms with Gasteiger partial charge in [0.25, 0.3) is 11.8 Å². The minimum atomic E-state index is -0.350. The van der Waals surface area contributed by atoms with Crippen LogP contribution in [0.1, 0.15) is 41.2 Å². The van der Waals surface area contributed by atoms with Gasteiger partial charge in [-0.15, -0.1) is 0 Å². The van der Waals surface area contributed by atoms with Gasteiger partial charge in [-0.25, -0.2) is 4.98 Å². The van der Waals surface area contributed by atoms with Gasteiger partial charge in [0.05, 0.1) is 5.69 Å². The van der Waals surface area contributed by atoms with Crippen LogP contribution in [0.5, 0.6) is 0 Å². The smallest absolute Gasteiger partial charge is 0.287 e. The normalized spacial score (nSPS) is 19.4. The molecule has 0 aromatic carbocycles. The summed E-state index contributed by atoms with van der Waals surface area (Å²) in [7, 11) is 0. The van der Waals surface area contributed by atoms with E-state index in [4.69, 9.17) is 9.51 Å². The van der Waals surface area contributed by atoms with E-state index in [0.717, 1.165) is 46.2 Å². The van der Waals surface area contributed by atoms with Gasteiger partial charge in [-0.05, 0) is 49.4 Å². The standard InChI is InChI=1S/C23H25N7O2/c1-13-19(29-20(26-13)21(31)25-12-15-5-4-8-24-11-15)23(3)7-6-17-16(10-23)9-18(28-17)22-27-14(2)30-32-22/h4-6,8-10,24,28H,7,11-12H2,1-3H3,(H,25,31)(H,26,29). The van der Waals surface area contributed by atoms with E-state index in [1.807, 2.05) is 31.3 Å². The van der Waals surface area contributed by atoms with Crippen molar-refractivity contribution >= 4 is 18.1 Å². The molecule has 3 aromatic heterocycles. The molecule has 9 heteroatoms. The van der Waals surface area contributed by atoms with E-state index >= 15 is 0 Å². The molecule has 1 aliphatic carbocycles. The Morgan fingerprint density at radius 3 is 2.91 bits per heavy atom. The minimum Gasteiger partial charge on any atom is -0.387 e. The molecule has 4 N–H and O–H groups in total. The Bertz CT molecular complexity index is 1370. The van der Waals surface area contributed by atoms with E-state index in [2.05, 4.69) is 49.8 Å². The summed E-state index contributed by atoms with van der Waals surface area (Å²) in [5.74, 6) is 1.17. The van der Waals surface area contributed by atoms with E-state index in [1.165, 1.54) is 0 Å². The molecule has 1 atom stereocenters. The van der Waals surface area contributed by atoms with Crippen molar-refractivity contribution in [1.29, 1.82) is 0 Å². The maximum atomic E-state index is 12.7. The lowest BCUT2D eigenvalue weighted by Crippen LogP contribution is -2.34. The van der Waals surface area contributed by atoms with Crippen LogP contribution in [0.25, 0.3) is 23.7 Å². The molecule has 1 aliphatic heterocycles. The van der Waals surface area contributed by atoms with E-state index in [1.54, 1.807) is 6.92 Å². The van der Waals surface area contributed by atoms with Gasteiger partial charge in [0.1, 0.15) is 5.69 Å². The zero-order chi connectivity index (χ0) is 22.3. The number of rotatable bonds is 5. The van der Waals surface area contributed by atoms with Crippen molar-refractivity contribution in [2.45, 2.75) is 32.6 Å². The van der Waals surface area contributed by atoms with Gasteiger partial charge in [-0.2, -0.15) is 4.98 Å². The number of carbonyl (C=O) groups excluding carboxylic acids is 1. The van der Waals surface area contributed by atoms with Crippen LogP contribution in [-0.4, -0.2) is 44.1 Å². The van der Waals surface area contributed by atoms with Crippen molar-refractivity contribution in [2.24, 2.45) is 0 Å². The monoisotopic (exact) mass is 431 g/mol. The first-order valence-corrected chi connectivity index (χ1v) is 10.6. The van der Waals surface area contributed by atoms with Crippen molar-refractivity contribution in [1.82, 2.24) is 35.7 Å². The lowest BCUT2D eigenvalue weighted by atomic mass is 9.79. The zero-order valence-corrected chi connectivity index (χ0v) is 18.2. The molecule has 5 rings (SSSR count). The Morgan fingerprint density at radius 1 is 1.28 bits per heavy atom. The number of nitrogens with zero attached hydrogens (tertiary/aromatic N) is 3. The molecular weight excluding hydrogens is 406 g/mol. The summed E-state index contributed by atoms with van der Waals surface area (Å²) in [5.41, 5.74) is 3.29. The number of aromatic nitrogens is 5. The molecule has 0 saturated carbocycles. The van der Waals surface area contributed by atoms with E-state index in [0.29, 0.717) is 24.1 Å². The number of hydrogen-bond donors (Lipinski definition) is 4. The molecule has 0 fully saturated rings. The molecule has 0 radical (unpaired) electrons. The highest BCUT2D eigenvalue weighted by Gasteiger charge is 2.31. The maximum Gasteiger partial charge on any atom is 0.287 e. The quantitative estimate of drug-likeness (QED) is 0.480. The molecular formula is C23H25N7O2. The first kappa shape index (κ1) is 20.0. The van der Waals surface area contributed by atoms with E-state index in [-0.39, 0.29) is 11.3 Å². The summed E-state index contributed by atoms with van der Waals surface area (Å²) in [6.07, 6.45) is 10.9. The number of aryl methyl sites for hydroxylation is 2. The number of dihydropyridines is 1. The zero-order valence-electron chi connectivity index (χ0n) is 18.2. The van der Waals surface area contributed by atoms with Gasteiger partial charge in [0.2, 0.25) is 0 Å². The summed E-state index contributed by atoms with van der Waals surface area (Å²) in [6.45, 7) is 7.08. The Morgan fingerprint density at radius 2 is 2.16 bits per heavy atom. The number of hydrogen-bond acceptors (Lipinski definition) is 6. The lowest BCUT2D eigenvalue weighted by Gasteiger charge is -2.25. The number of fused-ring (bicyclic) bond motifs is 1. The fraction of sp³-hybridized carbons (Fsp3) is 0.304. The van der Waals surface area contributed by atoms with Crippen LogP contribution in [0.2, 0.25) is 0 Å². The lowest BCUT2D eigenvalue weighted by molar-refractivity contribution is 0.0947. The number of carbonyl (C=O) groups is 1. The summed E-state index contributed by atoms with van der Waals surface area (Å²) >= 11 is 0. The average Bonchev–Trinajstić information content (AvgIpc) is 3.50. The maximum absolute atomic E-state index is 12.7. The molecule has 1 amide bonds. The molecule has 164 valence electrons. The average molecular weight is 432 g/mol. The number of aromatic amines is 2. The molecule has 9 nitrogen and oxygen atoms in total. The van der Waals surface area contributed by atoms with Gasteiger partial charge in [0.15, 0.2) is 11.6 Å². The molecule has 32 heavy (non-hydrogen) atoms. The fourth-order valence-corrected chi connectivity index (χ4v) is 4.20. The van der Waals surface area contributed by atoms with Gasteiger partial charge < -0.3 is 25.1 Å². The van der Waals surface area contributed by atoms with Gasteiger partial charge in [0, 0.05) is 29.5 Å². The van der Waals surface area contributed by atoms with Gasteiger partial charge in [-0.1, -0.05) is 30.3 Å². The Balaban J connectivity index is 1.40. The highest BCUT2D eigenvalue weighted by atomic mass is 16.5. The molecule has 0 spiro atoms. The second-order valence-corrected chi connectivity index (χ2v) is 8.48. The third-order valence-corrected chi connectivity index (χ3v) is 5.83. The summed E-state index contributed by atoms with van der Waals surface area (Å²) in [5, 5.41) is 12.0. The predicted octanol–water partition coefficient (Wildman–Crippen LogP) is 1.10. The second-order valence-electron chi connectivity index (χ2n) is 8.48. The molecule has 0 bridgehead atoms. The molecule has 2 aliphatic rings. The van der Waals surface area contributed by atoms with Gasteiger partial charge >= 0.3 is 0 Å². The van der Waals surface area contributed by atoms with Crippen LogP contribution in [0.3, 0.4) is 0 Å². The van der Waals surface area contributed by atoms with Crippen LogP contribution in [-0.2, 0) is 5.41 Å². The van der Waals surface area contributed by atoms with Crippen molar-refractivity contribution in [3.05, 3.63) is 63.6 Å². The number of H-pyrrole nitrogens is 2. The fourth-order valence-electron chi connectivity index (χ4n) is 4.20. The molecule has 0 saturated heterocycles. The minimum absolute atomic E-state index is 0.213. The van der Waals surface area contributed by atoms with Crippen LogP contribution >= 0.6 is 0 Å². The number of imidazole rings is 1. The van der Waals surface area contributed by atoms with Crippen molar-refractivity contribution in [2.75, 3.05) is 13.1 Å². The number of amides is 1. The largest absolute Gasteiger partial charge is 0.387 e. The number of nitrogens with one attached hydrogen (secondary N) is 4. The molecule has 3 aromatic rings. The Hall–Kier alpha value is -3.88. The van der Waals surface area contributed by atoms with Crippen molar-refractivity contribution < 1.29 is 9.32 Å². The van der Waals surface area contributed by atoms with Gasteiger partial charge in [-0.3, -0.25) is 4.79 Å². The first-order valence-electron chi connectivity index (χ1n) is 10.6. The third-order valence-electron chi connectivity index (χ3n) is 5.83. The van der Waals surface area contributed by atoms with Crippen LogP contribution in [0.15, 0.2) is 34.5 Å². The predicted molar refractivity (Wildman–Crippen MR) is 120 cm³/mol. The summed E-state index contributed by atoms with van der Waals surface area (Å²) in [6, 6.07) is 2.01. The summed E-state index contributed by atoms with van der Waals surface area (Å²) in [4.78, 5) is 28.2. The highest BCUT2D eigenvalue weighted by Crippen LogP contribution is 2.32. The molecule has 4 heterocycles. The number of allylic oxidation sites excluding steroid dienone is 2. The highest BCUT2D eigenvalue weighted by molar-refractivity contribution is 5.91. The van der Waals surface area contributed by atoms with Crippen molar-refractivity contribution in [3.8, 4) is 11.6 Å². The van der Waals surface area contributed by atoms with E-state index < -0.39 is 0 Å². The van der Waals surface area contributed by atoms with Crippen LogP contribution in [0, 0.1) is 13.8 Å². The molecule has 1 unspecified atom stereocenters. The van der Waals surface area contributed by atoms with E-state index in [9.17, 15) is 4.79 Å². The third kappa shape index (κ3) is 3.66.